The van der Waals surface area contributed by atoms with E-state index in [1.165, 1.54) is 7.11 Å². The zero-order chi connectivity index (χ0) is 16.1. The number of nitrogens with one attached hydrogen (secondary N) is 1. The van der Waals surface area contributed by atoms with Gasteiger partial charge in [-0.25, -0.2) is 9.89 Å². The van der Waals surface area contributed by atoms with Crippen LogP contribution < -0.4 is 5.56 Å². The Labute approximate surface area is 126 Å². The van der Waals surface area contributed by atoms with E-state index in [4.69, 9.17) is 5.26 Å². The average Bonchev–Trinajstić information content (AvgIpc) is 2.54. The Morgan fingerprint density at radius 1 is 1.32 bits per heavy atom. The van der Waals surface area contributed by atoms with Crippen LogP contribution in [0.2, 0.25) is 0 Å². The molecule has 0 amide bonds. The molecule has 0 aliphatic carbocycles. The molecule has 2 rings (SSSR count). The van der Waals surface area contributed by atoms with Gasteiger partial charge in [0.25, 0.3) is 5.56 Å². The van der Waals surface area contributed by atoms with E-state index in [9.17, 15) is 9.59 Å². The van der Waals surface area contributed by atoms with Crippen molar-refractivity contribution in [3.63, 3.8) is 0 Å². The fraction of sp³-hybridized carbons (Fsp3) is 0.125. The van der Waals surface area contributed by atoms with Gasteiger partial charge < -0.3 is 4.74 Å². The maximum absolute atomic E-state index is 11.4. The molecule has 0 unspecified atom stereocenters. The lowest BCUT2D eigenvalue weighted by Gasteiger charge is -2.01. The Balaban J connectivity index is 2.28. The molecule has 22 heavy (non-hydrogen) atoms. The Hall–Kier alpha value is -3.20. The molecule has 0 atom stereocenters. The van der Waals surface area contributed by atoms with Gasteiger partial charge in [0, 0.05) is 0 Å². The Bertz CT molecular complexity index is 827. The number of nitriles is 1. The summed E-state index contributed by atoms with van der Waals surface area (Å²) in [7, 11) is 1.33. The molecule has 0 spiro atoms. The summed E-state index contributed by atoms with van der Waals surface area (Å²) >= 11 is 0. The number of aromatic amines is 1. The van der Waals surface area contributed by atoms with Gasteiger partial charge in [0.15, 0.2) is 0 Å². The van der Waals surface area contributed by atoms with E-state index in [1.807, 2.05) is 6.07 Å². The number of nitrogens with zero attached hydrogens (tertiary/aromatic N) is 2. The Morgan fingerprint density at radius 2 is 2.00 bits per heavy atom. The highest BCUT2D eigenvalue weighted by atomic mass is 16.5. The smallest absolute Gasteiger partial charge is 0.337 e. The molecule has 0 aliphatic rings. The Kier molecular flexibility index (Phi) is 4.49. The first-order chi connectivity index (χ1) is 10.6. The standard InChI is InChI=1S/C16H13N3O3/c1-10-13(9-17)15(20)19-18-14(10)8-5-11-3-6-12(7-4-11)16(21)22-2/h3-8H,1-2H3,(H,19,20)/b8-5+. The van der Waals surface area contributed by atoms with Crippen molar-refractivity contribution in [3.05, 3.63) is 62.6 Å². The van der Waals surface area contributed by atoms with Gasteiger partial charge in [-0.05, 0) is 36.3 Å². The van der Waals surface area contributed by atoms with E-state index in [2.05, 4.69) is 14.9 Å². The van der Waals surface area contributed by atoms with Gasteiger partial charge in [-0.2, -0.15) is 10.4 Å². The van der Waals surface area contributed by atoms with Crippen molar-refractivity contribution in [2.45, 2.75) is 6.92 Å². The van der Waals surface area contributed by atoms with E-state index in [1.54, 1.807) is 43.3 Å². The number of esters is 1. The molecule has 6 heteroatoms. The largest absolute Gasteiger partial charge is 0.465 e. The predicted octanol–water partition coefficient (Wildman–Crippen LogP) is 1.91. The van der Waals surface area contributed by atoms with E-state index in [0.29, 0.717) is 16.8 Å². The van der Waals surface area contributed by atoms with Crippen molar-refractivity contribution < 1.29 is 9.53 Å². The lowest BCUT2D eigenvalue weighted by atomic mass is 10.1. The number of methoxy groups -OCH3 is 1. The summed E-state index contributed by atoms with van der Waals surface area (Å²) < 4.78 is 4.63. The van der Waals surface area contributed by atoms with Crippen LogP contribution in [0.15, 0.2) is 29.1 Å². The second-order valence-electron chi connectivity index (χ2n) is 4.50. The molecule has 0 bridgehead atoms. The number of rotatable bonds is 3. The number of benzene rings is 1. The molecule has 1 aromatic heterocycles. The van der Waals surface area contributed by atoms with Crippen LogP contribution in [0.1, 0.15) is 32.7 Å². The number of hydrogen-bond donors (Lipinski definition) is 1. The van der Waals surface area contributed by atoms with Gasteiger partial charge >= 0.3 is 5.97 Å². The summed E-state index contributed by atoms with van der Waals surface area (Å²) in [6.07, 6.45) is 3.47. The number of H-pyrrole nitrogens is 1. The fourth-order valence-electron chi connectivity index (χ4n) is 1.87. The number of carbonyl (C=O) groups is 1. The van der Waals surface area contributed by atoms with Crippen molar-refractivity contribution in [1.82, 2.24) is 10.2 Å². The van der Waals surface area contributed by atoms with Crippen LogP contribution in [0.5, 0.6) is 0 Å². The van der Waals surface area contributed by atoms with Gasteiger partial charge in [-0.3, -0.25) is 4.79 Å². The van der Waals surface area contributed by atoms with Gasteiger partial charge in [-0.15, -0.1) is 0 Å². The number of ether oxygens (including phenoxy) is 1. The SMILES string of the molecule is COC(=O)c1ccc(/C=C/c2n[nH]c(=O)c(C#N)c2C)cc1. The molecule has 0 fully saturated rings. The third kappa shape index (κ3) is 3.10. The molecule has 0 saturated heterocycles. The quantitative estimate of drug-likeness (QED) is 0.872. The van der Waals surface area contributed by atoms with Crippen LogP contribution in [-0.2, 0) is 4.74 Å². The van der Waals surface area contributed by atoms with Gasteiger partial charge in [0.2, 0.25) is 0 Å². The number of hydrogen-bond acceptors (Lipinski definition) is 5. The first-order valence-electron chi connectivity index (χ1n) is 6.42. The van der Waals surface area contributed by atoms with Crippen LogP contribution >= 0.6 is 0 Å². The maximum atomic E-state index is 11.4. The van der Waals surface area contributed by atoms with Crippen LogP contribution in [-0.4, -0.2) is 23.3 Å². The summed E-state index contributed by atoms with van der Waals surface area (Å²) in [4.78, 5) is 22.8. The van der Waals surface area contributed by atoms with Gasteiger partial charge in [-0.1, -0.05) is 18.2 Å². The van der Waals surface area contributed by atoms with Crippen LogP contribution in [0.4, 0.5) is 0 Å². The minimum Gasteiger partial charge on any atom is -0.465 e. The summed E-state index contributed by atoms with van der Waals surface area (Å²) in [5.41, 5.74) is 1.89. The van der Waals surface area contributed by atoms with Crippen molar-refractivity contribution >= 4 is 18.1 Å². The molecule has 2 aromatic rings. The first kappa shape index (κ1) is 15.2. The zero-order valence-corrected chi connectivity index (χ0v) is 12.1. The maximum Gasteiger partial charge on any atom is 0.337 e. The lowest BCUT2D eigenvalue weighted by molar-refractivity contribution is 0.0600. The van der Waals surface area contributed by atoms with Crippen molar-refractivity contribution in [2.75, 3.05) is 7.11 Å². The van der Waals surface area contributed by atoms with Crippen LogP contribution in [0.25, 0.3) is 12.2 Å². The lowest BCUT2D eigenvalue weighted by Crippen LogP contribution is -2.15. The topological polar surface area (TPSA) is 95.8 Å². The summed E-state index contributed by atoms with van der Waals surface area (Å²) in [6, 6.07) is 8.68. The Morgan fingerprint density at radius 3 is 2.59 bits per heavy atom. The van der Waals surface area contributed by atoms with Crippen molar-refractivity contribution in [2.24, 2.45) is 0 Å². The fourth-order valence-corrected chi connectivity index (χ4v) is 1.87. The summed E-state index contributed by atoms with van der Waals surface area (Å²) in [5, 5.41) is 15.1. The molecule has 1 heterocycles. The second-order valence-corrected chi connectivity index (χ2v) is 4.50. The first-order valence-corrected chi connectivity index (χ1v) is 6.42. The third-order valence-corrected chi connectivity index (χ3v) is 3.14. The highest BCUT2D eigenvalue weighted by molar-refractivity contribution is 5.89. The molecule has 0 aliphatic heterocycles. The zero-order valence-electron chi connectivity index (χ0n) is 12.1. The minimum atomic E-state index is -0.500. The number of carbonyl (C=O) groups excluding carboxylic acids is 1. The van der Waals surface area contributed by atoms with E-state index in [-0.39, 0.29) is 5.56 Å². The highest BCUT2D eigenvalue weighted by Crippen LogP contribution is 2.12. The third-order valence-electron chi connectivity index (χ3n) is 3.14. The van der Waals surface area contributed by atoms with Gasteiger partial charge in [0.1, 0.15) is 11.6 Å². The van der Waals surface area contributed by atoms with Crippen molar-refractivity contribution in [1.29, 1.82) is 5.26 Å². The van der Waals surface area contributed by atoms with Crippen LogP contribution in [0, 0.1) is 18.3 Å². The molecule has 110 valence electrons. The minimum absolute atomic E-state index is 0.0516. The van der Waals surface area contributed by atoms with E-state index in [0.717, 1.165) is 5.56 Å². The second kappa shape index (κ2) is 6.50. The van der Waals surface area contributed by atoms with Crippen molar-refractivity contribution in [3.8, 4) is 6.07 Å². The van der Waals surface area contributed by atoms with Gasteiger partial charge in [0.05, 0.1) is 18.4 Å². The van der Waals surface area contributed by atoms with E-state index >= 15 is 0 Å². The molecular weight excluding hydrogens is 282 g/mol. The number of aromatic nitrogens is 2. The molecule has 0 saturated carbocycles. The average molecular weight is 295 g/mol. The predicted molar refractivity (Wildman–Crippen MR) is 81.0 cm³/mol. The molecule has 6 nitrogen and oxygen atoms in total. The monoisotopic (exact) mass is 295 g/mol. The molecular formula is C16H13N3O3. The summed E-state index contributed by atoms with van der Waals surface area (Å²) in [5.74, 6) is -0.396. The van der Waals surface area contributed by atoms with E-state index < -0.39 is 11.5 Å². The molecule has 0 radical (unpaired) electrons. The molecule has 1 N–H and O–H groups in total. The highest BCUT2D eigenvalue weighted by Gasteiger charge is 2.07. The van der Waals surface area contributed by atoms with Crippen LogP contribution in [0.3, 0.4) is 0 Å². The molecule has 1 aromatic carbocycles. The normalized spacial score (nSPS) is 10.4. The summed E-state index contributed by atoms with van der Waals surface area (Å²) in [6.45, 7) is 1.67.